The highest BCUT2D eigenvalue weighted by Gasteiger charge is 2.09. The molecule has 0 aliphatic rings. The maximum Gasteiger partial charge on any atom is 0.354 e. The molecule has 0 saturated carbocycles. The molecule has 21 heavy (non-hydrogen) atoms. The van der Waals surface area contributed by atoms with Crippen LogP contribution >= 0.6 is 0 Å². The first-order chi connectivity index (χ1) is 10.2. The zero-order valence-electron chi connectivity index (χ0n) is 12.6. The van der Waals surface area contributed by atoms with Gasteiger partial charge < -0.3 is 9.72 Å². The van der Waals surface area contributed by atoms with Gasteiger partial charge in [-0.2, -0.15) is 0 Å². The van der Waals surface area contributed by atoms with E-state index in [2.05, 4.69) is 16.6 Å². The van der Waals surface area contributed by atoms with E-state index in [0.29, 0.717) is 10.9 Å². The lowest BCUT2D eigenvalue weighted by atomic mass is 10.0. The number of methoxy groups -OCH3 is 1. The van der Waals surface area contributed by atoms with Crippen molar-refractivity contribution < 1.29 is 9.53 Å². The van der Waals surface area contributed by atoms with E-state index in [0.717, 1.165) is 18.4 Å². The molecule has 1 N–H and O–H groups in total. The van der Waals surface area contributed by atoms with Crippen molar-refractivity contribution in [3.63, 3.8) is 0 Å². The number of benzene rings is 1. The lowest BCUT2D eigenvalue weighted by molar-refractivity contribution is 0.0594. The van der Waals surface area contributed by atoms with Gasteiger partial charge in [0.1, 0.15) is 5.69 Å². The minimum atomic E-state index is -0.530. The number of pyridine rings is 1. The summed E-state index contributed by atoms with van der Waals surface area (Å²) < 4.78 is 4.63. The lowest BCUT2D eigenvalue weighted by Crippen LogP contribution is -2.11. The molecule has 0 aliphatic heterocycles. The molecule has 1 heterocycles. The Bertz CT molecular complexity index is 688. The Labute approximate surface area is 124 Å². The summed E-state index contributed by atoms with van der Waals surface area (Å²) in [7, 11) is 1.30. The summed E-state index contributed by atoms with van der Waals surface area (Å²) in [6.07, 6.45) is 5.79. The van der Waals surface area contributed by atoms with Gasteiger partial charge in [0, 0.05) is 17.0 Å². The van der Waals surface area contributed by atoms with Crippen LogP contribution in [-0.4, -0.2) is 18.1 Å². The van der Waals surface area contributed by atoms with Crippen molar-refractivity contribution >= 4 is 16.9 Å². The predicted octanol–water partition coefficient (Wildman–Crippen LogP) is 3.44. The molecule has 4 nitrogen and oxygen atoms in total. The Hall–Kier alpha value is -2.10. The monoisotopic (exact) mass is 287 g/mol. The highest BCUT2D eigenvalue weighted by Crippen LogP contribution is 2.14. The van der Waals surface area contributed by atoms with Gasteiger partial charge in [0.25, 0.3) is 0 Å². The van der Waals surface area contributed by atoms with Crippen LogP contribution < -0.4 is 5.43 Å². The molecule has 1 aromatic carbocycles. The molecule has 0 bridgehead atoms. The molecule has 0 saturated heterocycles. The SMILES string of the molecule is CCCCCCc1ccc2[nH]c(C(=O)OC)cc(=O)c2c1. The van der Waals surface area contributed by atoms with Crippen molar-refractivity contribution in [2.75, 3.05) is 7.11 Å². The van der Waals surface area contributed by atoms with Crippen LogP contribution in [0.3, 0.4) is 0 Å². The summed E-state index contributed by atoms with van der Waals surface area (Å²) in [5, 5.41) is 0.621. The van der Waals surface area contributed by atoms with Crippen LogP contribution in [0.1, 0.15) is 48.7 Å². The van der Waals surface area contributed by atoms with Gasteiger partial charge in [-0.05, 0) is 30.5 Å². The number of hydrogen-bond donors (Lipinski definition) is 1. The van der Waals surface area contributed by atoms with E-state index in [4.69, 9.17) is 0 Å². The van der Waals surface area contributed by atoms with Gasteiger partial charge in [0.05, 0.1) is 7.11 Å². The van der Waals surface area contributed by atoms with Gasteiger partial charge in [0.2, 0.25) is 0 Å². The first-order valence-corrected chi connectivity index (χ1v) is 7.40. The summed E-state index contributed by atoms with van der Waals surface area (Å²) >= 11 is 0. The predicted molar refractivity (Wildman–Crippen MR) is 83.8 cm³/mol. The van der Waals surface area contributed by atoms with Gasteiger partial charge in [0.15, 0.2) is 5.43 Å². The zero-order chi connectivity index (χ0) is 15.2. The second kappa shape index (κ2) is 7.07. The third-order valence-corrected chi connectivity index (χ3v) is 3.62. The zero-order valence-corrected chi connectivity index (χ0v) is 12.6. The van der Waals surface area contributed by atoms with Gasteiger partial charge in [-0.25, -0.2) is 4.79 Å². The molecule has 0 amide bonds. The number of carbonyl (C=O) groups excluding carboxylic acids is 1. The molecular formula is C17H21NO3. The number of hydrogen-bond acceptors (Lipinski definition) is 3. The molecule has 0 aliphatic carbocycles. The first-order valence-electron chi connectivity index (χ1n) is 7.40. The average molecular weight is 287 g/mol. The molecule has 112 valence electrons. The third-order valence-electron chi connectivity index (χ3n) is 3.62. The molecule has 2 rings (SSSR count). The number of H-pyrrole nitrogens is 1. The average Bonchev–Trinajstić information content (AvgIpc) is 2.51. The largest absolute Gasteiger partial charge is 0.464 e. The minimum Gasteiger partial charge on any atom is -0.464 e. The highest BCUT2D eigenvalue weighted by atomic mass is 16.5. The number of nitrogens with one attached hydrogen (secondary N) is 1. The number of aryl methyl sites for hydroxylation is 1. The van der Waals surface area contributed by atoms with Gasteiger partial charge in [-0.3, -0.25) is 4.79 Å². The normalized spacial score (nSPS) is 10.8. The van der Waals surface area contributed by atoms with Crippen molar-refractivity contribution in [1.82, 2.24) is 4.98 Å². The molecule has 4 heteroatoms. The molecule has 0 unspecified atom stereocenters. The topological polar surface area (TPSA) is 59.2 Å². The quantitative estimate of drug-likeness (QED) is 0.654. The maximum atomic E-state index is 12.1. The molecule has 0 spiro atoms. The molecule has 2 aromatic rings. The van der Waals surface area contributed by atoms with E-state index < -0.39 is 5.97 Å². The van der Waals surface area contributed by atoms with E-state index in [1.54, 1.807) is 0 Å². The summed E-state index contributed by atoms with van der Waals surface area (Å²) in [4.78, 5) is 26.6. The fraction of sp³-hybridized carbons (Fsp3) is 0.412. The number of unbranched alkanes of at least 4 members (excludes halogenated alkanes) is 3. The molecule has 0 atom stereocenters. The second-order valence-electron chi connectivity index (χ2n) is 5.23. The minimum absolute atomic E-state index is 0.153. The molecule has 0 fully saturated rings. The fourth-order valence-electron chi connectivity index (χ4n) is 2.43. The number of ether oxygens (including phenoxy) is 1. The van der Waals surface area contributed by atoms with E-state index in [-0.39, 0.29) is 11.1 Å². The van der Waals surface area contributed by atoms with Crippen molar-refractivity contribution in [3.8, 4) is 0 Å². The first kappa shape index (κ1) is 15.3. The standard InChI is InChI=1S/C17H21NO3/c1-3-4-5-6-7-12-8-9-14-13(10-12)16(19)11-15(18-14)17(20)21-2/h8-11H,3-7H2,1-2H3,(H,18,19). The van der Waals surface area contributed by atoms with Crippen LogP contribution in [0.25, 0.3) is 10.9 Å². The number of fused-ring (bicyclic) bond motifs is 1. The maximum absolute atomic E-state index is 12.1. The third kappa shape index (κ3) is 3.72. The van der Waals surface area contributed by atoms with Crippen LogP contribution in [0.15, 0.2) is 29.1 Å². The van der Waals surface area contributed by atoms with Crippen molar-refractivity contribution in [3.05, 3.63) is 45.7 Å². The Morgan fingerprint density at radius 1 is 1.19 bits per heavy atom. The molecule has 0 radical (unpaired) electrons. The molecular weight excluding hydrogens is 266 g/mol. The Balaban J connectivity index is 2.25. The van der Waals surface area contributed by atoms with Crippen LogP contribution in [0.5, 0.6) is 0 Å². The highest BCUT2D eigenvalue weighted by molar-refractivity contribution is 5.91. The van der Waals surface area contributed by atoms with Crippen LogP contribution in [0.4, 0.5) is 0 Å². The van der Waals surface area contributed by atoms with Gasteiger partial charge in [-0.15, -0.1) is 0 Å². The number of aromatic nitrogens is 1. The lowest BCUT2D eigenvalue weighted by Gasteiger charge is -2.05. The Morgan fingerprint density at radius 3 is 2.71 bits per heavy atom. The Kier molecular flexibility index (Phi) is 5.14. The number of carbonyl (C=O) groups is 1. The van der Waals surface area contributed by atoms with Crippen LogP contribution in [0, 0.1) is 0 Å². The number of esters is 1. The van der Waals surface area contributed by atoms with Gasteiger partial charge in [-0.1, -0.05) is 32.3 Å². The van der Waals surface area contributed by atoms with E-state index in [1.807, 2.05) is 18.2 Å². The van der Waals surface area contributed by atoms with Crippen molar-refractivity contribution in [2.45, 2.75) is 39.0 Å². The van der Waals surface area contributed by atoms with Crippen LogP contribution in [-0.2, 0) is 11.2 Å². The fourth-order valence-corrected chi connectivity index (χ4v) is 2.43. The van der Waals surface area contributed by atoms with E-state index in [9.17, 15) is 9.59 Å². The smallest absolute Gasteiger partial charge is 0.354 e. The van der Waals surface area contributed by atoms with E-state index >= 15 is 0 Å². The Morgan fingerprint density at radius 2 is 2.00 bits per heavy atom. The van der Waals surface area contributed by atoms with E-state index in [1.165, 1.54) is 32.4 Å². The van der Waals surface area contributed by atoms with Gasteiger partial charge >= 0.3 is 5.97 Å². The summed E-state index contributed by atoms with van der Waals surface area (Å²) in [6, 6.07) is 7.08. The number of rotatable bonds is 6. The second-order valence-corrected chi connectivity index (χ2v) is 5.23. The van der Waals surface area contributed by atoms with Crippen molar-refractivity contribution in [2.24, 2.45) is 0 Å². The number of aromatic amines is 1. The van der Waals surface area contributed by atoms with Crippen molar-refractivity contribution in [1.29, 1.82) is 0 Å². The summed E-state index contributed by atoms with van der Waals surface area (Å²) in [5.41, 5.74) is 1.86. The molecule has 1 aromatic heterocycles. The summed E-state index contributed by atoms with van der Waals surface area (Å²) in [6.45, 7) is 2.19. The van der Waals surface area contributed by atoms with Crippen LogP contribution in [0.2, 0.25) is 0 Å². The summed E-state index contributed by atoms with van der Waals surface area (Å²) in [5.74, 6) is -0.530.